The molecule has 0 aliphatic carbocycles. The third-order valence-corrected chi connectivity index (χ3v) is 6.73. The van der Waals surface area contributed by atoms with Gasteiger partial charge >= 0.3 is 0 Å². The molecule has 206 valence electrons. The number of nitriles is 1. The van der Waals surface area contributed by atoms with Crippen molar-refractivity contribution in [3.05, 3.63) is 29.8 Å². The van der Waals surface area contributed by atoms with E-state index in [2.05, 4.69) is 11.9 Å². The second-order valence-corrected chi connectivity index (χ2v) is 9.95. The van der Waals surface area contributed by atoms with Crippen LogP contribution >= 0.6 is 0 Å². The van der Waals surface area contributed by atoms with Crippen molar-refractivity contribution in [1.82, 2.24) is 0 Å². The number of carbonyl (C=O) groups excluding carboxylic acids is 2. The molecule has 1 aromatic carbocycles. The Bertz CT molecular complexity index is 781. The highest BCUT2D eigenvalue weighted by Crippen LogP contribution is 2.16. The van der Waals surface area contributed by atoms with E-state index in [9.17, 15) is 9.59 Å². The van der Waals surface area contributed by atoms with Crippen LogP contribution in [0.1, 0.15) is 122 Å². The van der Waals surface area contributed by atoms with Gasteiger partial charge in [0.15, 0.2) is 5.78 Å². The van der Waals surface area contributed by atoms with E-state index in [1.807, 2.05) is 0 Å². The number of ketones is 1. The molecule has 0 aromatic heterocycles. The molecule has 0 bridgehead atoms. The van der Waals surface area contributed by atoms with Gasteiger partial charge in [0, 0.05) is 13.0 Å². The van der Waals surface area contributed by atoms with Crippen LogP contribution in [0.3, 0.4) is 0 Å². The standard InChI is InChI=1S/C31H48N2O4/c1-2-3-4-5-6-7-8-9-10-11-12-13-14-15-16-17-18-23-36-25-31(35)30(33-27-34)24-28-19-21-29(22-20-28)37-26-32/h19-22,30H,2-18,23-25H2,1H3. The SMILES string of the molecule is CCCCCCCCCCCCCCCCCCCOCC(=O)C(Cc1ccc(OC#N)cc1)N=C=O. The smallest absolute Gasteiger partial charge is 0.292 e. The van der Waals surface area contributed by atoms with Crippen molar-refractivity contribution in [2.45, 2.75) is 129 Å². The van der Waals surface area contributed by atoms with Gasteiger partial charge in [0.1, 0.15) is 18.4 Å². The van der Waals surface area contributed by atoms with Crippen LogP contribution in [0.25, 0.3) is 0 Å². The first-order chi connectivity index (χ1) is 18.2. The summed E-state index contributed by atoms with van der Waals surface area (Å²) in [6.45, 7) is 2.76. The Hall–Kier alpha value is -2.48. The number of Topliss-reactive ketones (excluding diaryl/α,β-unsaturated/α-hetero) is 1. The second kappa shape index (κ2) is 23.9. The first-order valence-electron chi connectivity index (χ1n) is 14.5. The summed E-state index contributed by atoms with van der Waals surface area (Å²) in [7, 11) is 0. The Balaban J connectivity index is 1.97. The van der Waals surface area contributed by atoms with Crippen molar-refractivity contribution >= 4 is 11.9 Å². The summed E-state index contributed by atoms with van der Waals surface area (Å²) in [6.07, 6.45) is 25.9. The van der Waals surface area contributed by atoms with Crippen LogP contribution in [0.4, 0.5) is 0 Å². The number of benzene rings is 1. The number of aliphatic imine (C=N–C) groups is 1. The van der Waals surface area contributed by atoms with E-state index in [0.29, 0.717) is 12.4 Å². The van der Waals surface area contributed by atoms with E-state index in [0.717, 1.165) is 18.4 Å². The van der Waals surface area contributed by atoms with Crippen molar-refractivity contribution in [3.8, 4) is 12.0 Å². The van der Waals surface area contributed by atoms with Crippen LogP contribution in [0, 0.1) is 11.5 Å². The molecule has 0 radical (unpaired) electrons. The zero-order chi connectivity index (χ0) is 26.8. The topological polar surface area (TPSA) is 88.8 Å². The van der Waals surface area contributed by atoms with Crippen LogP contribution in [-0.4, -0.2) is 31.1 Å². The molecule has 1 rings (SSSR count). The number of ether oxygens (including phenoxy) is 2. The summed E-state index contributed by atoms with van der Waals surface area (Å²) in [4.78, 5) is 26.8. The van der Waals surface area contributed by atoms with Gasteiger partial charge in [-0.25, -0.2) is 4.79 Å². The average Bonchev–Trinajstić information content (AvgIpc) is 2.91. The van der Waals surface area contributed by atoms with Gasteiger partial charge in [0.2, 0.25) is 6.08 Å². The first-order valence-corrected chi connectivity index (χ1v) is 14.5. The number of hydrogen-bond acceptors (Lipinski definition) is 6. The molecule has 0 aliphatic heterocycles. The highest BCUT2D eigenvalue weighted by molar-refractivity contribution is 5.86. The predicted molar refractivity (Wildman–Crippen MR) is 148 cm³/mol. The van der Waals surface area contributed by atoms with Gasteiger partial charge in [-0.1, -0.05) is 122 Å². The maximum absolute atomic E-state index is 12.4. The summed E-state index contributed by atoms with van der Waals surface area (Å²) < 4.78 is 10.3. The zero-order valence-corrected chi connectivity index (χ0v) is 23.1. The minimum absolute atomic E-state index is 0.0513. The number of carbonyl (C=O) groups is 1. The third-order valence-electron chi connectivity index (χ3n) is 6.73. The van der Waals surface area contributed by atoms with E-state index in [1.165, 1.54) is 102 Å². The van der Waals surface area contributed by atoms with Crippen LogP contribution in [0.15, 0.2) is 29.3 Å². The zero-order valence-electron chi connectivity index (χ0n) is 23.1. The van der Waals surface area contributed by atoms with Gasteiger partial charge in [-0.3, -0.25) is 4.79 Å². The molecule has 0 saturated heterocycles. The van der Waals surface area contributed by atoms with Crippen molar-refractivity contribution < 1.29 is 19.1 Å². The Morgan fingerprint density at radius 2 is 1.30 bits per heavy atom. The molecular formula is C31H48N2O4. The van der Waals surface area contributed by atoms with Gasteiger partial charge in [0.05, 0.1) is 0 Å². The molecule has 6 heteroatoms. The highest BCUT2D eigenvalue weighted by atomic mass is 16.5. The number of hydrogen-bond donors (Lipinski definition) is 0. The van der Waals surface area contributed by atoms with Crippen molar-refractivity contribution in [3.63, 3.8) is 0 Å². The average molecular weight is 513 g/mol. The lowest BCUT2D eigenvalue weighted by atomic mass is 10.0. The molecule has 1 unspecified atom stereocenters. The first kappa shape index (κ1) is 32.5. The number of rotatable bonds is 25. The third kappa shape index (κ3) is 18.4. The maximum atomic E-state index is 12.4. The van der Waals surface area contributed by atoms with Crippen LogP contribution in [0.5, 0.6) is 5.75 Å². The molecule has 37 heavy (non-hydrogen) atoms. The van der Waals surface area contributed by atoms with Crippen LogP contribution in [-0.2, 0) is 20.7 Å². The number of unbranched alkanes of at least 4 members (excludes halogenated alkanes) is 16. The minimum Gasteiger partial charge on any atom is -0.388 e. The summed E-state index contributed by atoms with van der Waals surface area (Å²) in [6, 6.07) is 5.95. The molecule has 0 N–H and O–H groups in total. The van der Waals surface area contributed by atoms with Crippen molar-refractivity contribution in [2.24, 2.45) is 4.99 Å². The normalized spacial score (nSPS) is 11.5. The van der Waals surface area contributed by atoms with Gasteiger partial charge in [-0.05, 0) is 24.1 Å². The lowest BCUT2D eigenvalue weighted by Crippen LogP contribution is -2.26. The van der Waals surface area contributed by atoms with Gasteiger partial charge in [-0.2, -0.15) is 4.99 Å². The Morgan fingerprint density at radius 1 is 0.811 bits per heavy atom. The summed E-state index contributed by atoms with van der Waals surface area (Å²) in [5.74, 6) is 0.193. The fourth-order valence-corrected chi connectivity index (χ4v) is 4.46. The lowest BCUT2D eigenvalue weighted by Gasteiger charge is -2.11. The summed E-state index contributed by atoms with van der Waals surface area (Å²) in [5, 5.41) is 8.54. The molecule has 0 heterocycles. The number of isocyanates is 1. The van der Waals surface area contributed by atoms with Crippen LogP contribution < -0.4 is 4.74 Å². The van der Waals surface area contributed by atoms with Gasteiger partial charge < -0.3 is 9.47 Å². The van der Waals surface area contributed by atoms with E-state index in [1.54, 1.807) is 30.5 Å². The summed E-state index contributed by atoms with van der Waals surface area (Å²) in [5.41, 5.74) is 0.816. The molecule has 0 saturated carbocycles. The highest BCUT2D eigenvalue weighted by Gasteiger charge is 2.18. The van der Waals surface area contributed by atoms with Crippen LogP contribution in [0.2, 0.25) is 0 Å². The second-order valence-electron chi connectivity index (χ2n) is 9.95. The fraction of sp³-hybridized carbons (Fsp3) is 0.710. The van der Waals surface area contributed by atoms with E-state index in [-0.39, 0.29) is 18.8 Å². The molecule has 0 spiro atoms. The molecule has 1 atom stereocenters. The van der Waals surface area contributed by atoms with E-state index < -0.39 is 6.04 Å². The molecule has 0 amide bonds. The quantitative estimate of drug-likeness (QED) is 0.0572. The molecule has 0 fully saturated rings. The monoisotopic (exact) mass is 512 g/mol. The summed E-state index contributed by atoms with van der Waals surface area (Å²) >= 11 is 0. The van der Waals surface area contributed by atoms with Gasteiger partial charge in [-0.15, -0.1) is 5.26 Å². The molecular weight excluding hydrogens is 464 g/mol. The Kier molecular flexibility index (Phi) is 21.0. The van der Waals surface area contributed by atoms with Crippen molar-refractivity contribution in [1.29, 1.82) is 5.26 Å². The maximum Gasteiger partial charge on any atom is 0.292 e. The molecule has 0 aliphatic rings. The number of nitrogens with zero attached hydrogens (tertiary/aromatic N) is 2. The van der Waals surface area contributed by atoms with Gasteiger partial charge in [0.25, 0.3) is 6.26 Å². The largest absolute Gasteiger partial charge is 0.388 e. The van der Waals surface area contributed by atoms with E-state index in [4.69, 9.17) is 14.7 Å². The lowest BCUT2D eigenvalue weighted by molar-refractivity contribution is -0.124. The predicted octanol–water partition coefficient (Wildman–Crippen LogP) is 8.03. The fourth-order valence-electron chi connectivity index (χ4n) is 4.46. The molecule has 6 nitrogen and oxygen atoms in total. The molecule has 1 aromatic rings. The minimum atomic E-state index is -0.809. The Labute approximate surface area is 224 Å². The van der Waals surface area contributed by atoms with Crippen molar-refractivity contribution in [2.75, 3.05) is 13.2 Å². The Morgan fingerprint density at radius 3 is 1.76 bits per heavy atom. The van der Waals surface area contributed by atoms with E-state index >= 15 is 0 Å².